The highest BCUT2D eigenvalue weighted by Gasteiger charge is 2.00. The number of hydrogen-bond acceptors (Lipinski definition) is 3. The molecular weight excluding hydrogens is 219 g/mol. The summed E-state index contributed by atoms with van der Waals surface area (Å²) in [4.78, 5) is 0. The molecule has 1 aromatic rings. The standard InChI is InChI=1S/C5H7BrN2O.ClH/c1-7-2-5-4(6)3-9-8-5;/h3,7H,2H2,1H3;1H. The number of nitrogens with one attached hydrogen (secondary N) is 1. The summed E-state index contributed by atoms with van der Waals surface area (Å²) in [7, 11) is 1.86. The lowest BCUT2D eigenvalue weighted by molar-refractivity contribution is 0.409. The lowest BCUT2D eigenvalue weighted by atomic mass is 10.4. The lowest BCUT2D eigenvalue weighted by Crippen LogP contribution is -2.05. The van der Waals surface area contributed by atoms with Crippen molar-refractivity contribution in [3.8, 4) is 0 Å². The van der Waals surface area contributed by atoms with Gasteiger partial charge >= 0.3 is 0 Å². The van der Waals surface area contributed by atoms with Gasteiger partial charge in [0.15, 0.2) is 0 Å². The molecule has 0 atom stereocenters. The molecule has 0 saturated heterocycles. The van der Waals surface area contributed by atoms with Gasteiger partial charge in [0.2, 0.25) is 0 Å². The Hall–Kier alpha value is -0.0600. The molecule has 1 heterocycles. The van der Waals surface area contributed by atoms with Crippen LogP contribution in [0.15, 0.2) is 15.3 Å². The van der Waals surface area contributed by atoms with E-state index in [9.17, 15) is 0 Å². The van der Waals surface area contributed by atoms with Crippen molar-refractivity contribution >= 4 is 28.3 Å². The Labute approximate surface area is 73.7 Å². The van der Waals surface area contributed by atoms with Gasteiger partial charge in [-0.3, -0.25) is 0 Å². The molecular formula is C5H8BrClN2O. The van der Waals surface area contributed by atoms with Crippen molar-refractivity contribution < 1.29 is 4.52 Å². The molecule has 0 fully saturated rings. The molecule has 0 aromatic carbocycles. The van der Waals surface area contributed by atoms with E-state index in [0.29, 0.717) is 0 Å². The molecule has 10 heavy (non-hydrogen) atoms. The second-order valence-electron chi connectivity index (χ2n) is 1.64. The number of aromatic nitrogens is 1. The van der Waals surface area contributed by atoms with Crippen LogP contribution in [-0.2, 0) is 6.54 Å². The van der Waals surface area contributed by atoms with Gasteiger partial charge < -0.3 is 9.84 Å². The molecule has 0 amide bonds. The Bertz CT molecular complexity index is 192. The van der Waals surface area contributed by atoms with Crippen LogP contribution in [0.2, 0.25) is 0 Å². The van der Waals surface area contributed by atoms with Crippen molar-refractivity contribution in [1.82, 2.24) is 10.5 Å². The Kier molecular flexibility index (Phi) is 4.68. The van der Waals surface area contributed by atoms with E-state index in [1.807, 2.05) is 7.05 Å². The summed E-state index contributed by atoms with van der Waals surface area (Å²) in [6, 6.07) is 0. The van der Waals surface area contributed by atoms with Gasteiger partial charge in [0.25, 0.3) is 0 Å². The van der Waals surface area contributed by atoms with E-state index in [1.165, 1.54) is 0 Å². The van der Waals surface area contributed by atoms with Gasteiger partial charge in [0, 0.05) is 6.54 Å². The van der Waals surface area contributed by atoms with Crippen LogP contribution >= 0.6 is 28.3 Å². The number of hydrogen-bond donors (Lipinski definition) is 1. The molecule has 1 aromatic heterocycles. The second kappa shape index (κ2) is 4.71. The van der Waals surface area contributed by atoms with Crippen molar-refractivity contribution in [1.29, 1.82) is 0 Å². The Balaban J connectivity index is 0.000000810. The first-order valence-electron chi connectivity index (χ1n) is 2.58. The van der Waals surface area contributed by atoms with E-state index < -0.39 is 0 Å². The van der Waals surface area contributed by atoms with Gasteiger partial charge in [-0.25, -0.2) is 0 Å². The lowest BCUT2D eigenvalue weighted by Gasteiger charge is -1.89. The summed E-state index contributed by atoms with van der Waals surface area (Å²) >= 11 is 3.27. The first-order valence-corrected chi connectivity index (χ1v) is 3.37. The summed E-state index contributed by atoms with van der Waals surface area (Å²) in [6.07, 6.45) is 1.56. The Morgan fingerprint density at radius 1 is 1.80 bits per heavy atom. The molecule has 0 bridgehead atoms. The minimum absolute atomic E-state index is 0. The third kappa shape index (κ3) is 2.28. The van der Waals surface area contributed by atoms with Crippen LogP contribution in [-0.4, -0.2) is 12.2 Å². The Morgan fingerprint density at radius 2 is 2.50 bits per heavy atom. The average molecular weight is 227 g/mol. The zero-order chi connectivity index (χ0) is 6.69. The fourth-order valence-corrected chi connectivity index (χ4v) is 0.828. The van der Waals surface area contributed by atoms with Crippen molar-refractivity contribution in [3.63, 3.8) is 0 Å². The van der Waals surface area contributed by atoms with E-state index in [4.69, 9.17) is 0 Å². The minimum Gasteiger partial charge on any atom is -0.363 e. The maximum Gasteiger partial charge on any atom is 0.138 e. The number of rotatable bonds is 2. The van der Waals surface area contributed by atoms with Crippen LogP contribution < -0.4 is 5.32 Å². The van der Waals surface area contributed by atoms with E-state index in [1.54, 1.807) is 6.26 Å². The predicted octanol–water partition coefficient (Wildman–Crippen LogP) is 1.58. The van der Waals surface area contributed by atoms with E-state index >= 15 is 0 Å². The van der Waals surface area contributed by atoms with Crippen LogP contribution in [0.25, 0.3) is 0 Å². The minimum atomic E-state index is 0. The molecule has 0 saturated carbocycles. The summed E-state index contributed by atoms with van der Waals surface area (Å²) in [6.45, 7) is 0.733. The smallest absolute Gasteiger partial charge is 0.138 e. The summed E-state index contributed by atoms with van der Waals surface area (Å²) < 4.78 is 5.57. The molecule has 5 heteroatoms. The van der Waals surface area contributed by atoms with Crippen LogP contribution in [0.1, 0.15) is 5.69 Å². The van der Waals surface area contributed by atoms with Gasteiger partial charge in [-0.15, -0.1) is 12.4 Å². The maximum absolute atomic E-state index is 4.66. The first-order chi connectivity index (χ1) is 4.34. The van der Waals surface area contributed by atoms with Crippen molar-refractivity contribution in [2.45, 2.75) is 6.54 Å². The van der Waals surface area contributed by atoms with Gasteiger partial charge in [-0.05, 0) is 23.0 Å². The third-order valence-corrected chi connectivity index (χ3v) is 1.58. The summed E-state index contributed by atoms with van der Waals surface area (Å²) in [5, 5.41) is 6.68. The van der Waals surface area contributed by atoms with Crippen LogP contribution in [0.5, 0.6) is 0 Å². The molecule has 0 unspecified atom stereocenters. The van der Waals surface area contributed by atoms with E-state index in [-0.39, 0.29) is 12.4 Å². The topological polar surface area (TPSA) is 38.1 Å². The van der Waals surface area contributed by atoms with Gasteiger partial charge in [-0.2, -0.15) is 0 Å². The SMILES string of the molecule is CNCc1nocc1Br.Cl. The highest BCUT2D eigenvalue weighted by atomic mass is 79.9. The quantitative estimate of drug-likeness (QED) is 0.834. The zero-order valence-corrected chi connectivity index (χ0v) is 7.83. The molecule has 0 radical (unpaired) electrons. The van der Waals surface area contributed by atoms with E-state index in [0.717, 1.165) is 16.7 Å². The molecule has 0 aliphatic rings. The molecule has 0 aliphatic carbocycles. The normalized spacial score (nSPS) is 9.00. The molecule has 3 nitrogen and oxygen atoms in total. The molecule has 58 valence electrons. The third-order valence-electron chi connectivity index (χ3n) is 0.939. The van der Waals surface area contributed by atoms with Crippen molar-refractivity contribution in [2.75, 3.05) is 7.05 Å². The van der Waals surface area contributed by atoms with Crippen LogP contribution in [0.4, 0.5) is 0 Å². The highest BCUT2D eigenvalue weighted by molar-refractivity contribution is 9.10. The van der Waals surface area contributed by atoms with Crippen LogP contribution in [0, 0.1) is 0 Å². The zero-order valence-electron chi connectivity index (χ0n) is 5.43. The second-order valence-corrected chi connectivity index (χ2v) is 2.49. The molecule has 0 aliphatic heterocycles. The Morgan fingerprint density at radius 3 is 2.90 bits per heavy atom. The maximum atomic E-state index is 4.66. The largest absolute Gasteiger partial charge is 0.363 e. The van der Waals surface area contributed by atoms with Gasteiger partial charge in [0.1, 0.15) is 12.0 Å². The van der Waals surface area contributed by atoms with Gasteiger partial charge in [-0.1, -0.05) is 5.16 Å². The average Bonchev–Trinajstić information content (AvgIpc) is 2.18. The number of halogens is 2. The van der Waals surface area contributed by atoms with Crippen molar-refractivity contribution in [2.24, 2.45) is 0 Å². The highest BCUT2D eigenvalue weighted by Crippen LogP contribution is 2.13. The fourth-order valence-electron chi connectivity index (χ4n) is 0.532. The summed E-state index contributed by atoms with van der Waals surface area (Å²) in [5.74, 6) is 0. The molecule has 0 spiro atoms. The van der Waals surface area contributed by atoms with E-state index in [2.05, 4.69) is 30.9 Å². The monoisotopic (exact) mass is 226 g/mol. The summed E-state index contributed by atoms with van der Waals surface area (Å²) in [5.41, 5.74) is 0.900. The molecule has 1 N–H and O–H groups in total. The fraction of sp³-hybridized carbons (Fsp3) is 0.400. The predicted molar refractivity (Wildman–Crippen MR) is 44.2 cm³/mol. The van der Waals surface area contributed by atoms with Gasteiger partial charge in [0.05, 0.1) is 4.47 Å². The van der Waals surface area contributed by atoms with Crippen LogP contribution in [0.3, 0.4) is 0 Å². The molecule has 1 rings (SSSR count). The first kappa shape index (κ1) is 9.94. The van der Waals surface area contributed by atoms with Crippen molar-refractivity contribution in [3.05, 3.63) is 16.4 Å². The number of nitrogens with zero attached hydrogens (tertiary/aromatic N) is 1.